The summed E-state index contributed by atoms with van der Waals surface area (Å²) < 4.78 is 5.08. The molecule has 19 heavy (non-hydrogen) atoms. The van der Waals surface area contributed by atoms with Gasteiger partial charge in [-0.05, 0) is 11.6 Å². The first-order valence-corrected chi connectivity index (χ1v) is 6.71. The number of carbonyl (C=O) groups is 1. The van der Waals surface area contributed by atoms with Gasteiger partial charge in [0.15, 0.2) is 0 Å². The van der Waals surface area contributed by atoms with Crippen molar-refractivity contribution in [3.8, 4) is 5.75 Å². The van der Waals surface area contributed by atoms with Crippen molar-refractivity contribution in [1.29, 1.82) is 0 Å². The molecule has 0 aliphatic carbocycles. The summed E-state index contributed by atoms with van der Waals surface area (Å²) in [6.45, 7) is 0.492. The van der Waals surface area contributed by atoms with Gasteiger partial charge in [0.2, 0.25) is 0 Å². The van der Waals surface area contributed by atoms with Crippen LogP contribution < -0.4 is 10.5 Å². The van der Waals surface area contributed by atoms with E-state index in [1.807, 2.05) is 29.6 Å². The van der Waals surface area contributed by atoms with E-state index in [9.17, 15) is 4.79 Å². The highest BCUT2D eigenvalue weighted by Gasteiger charge is 2.15. The Labute approximate surface area is 116 Å². The smallest absolute Gasteiger partial charge is 0.264 e. The Morgan fingerprint density at radius 1 is 1.42 bits per heavy atom. The van der Waals surface area contributed by atoms with Gasteiger partial charge in [0.05, 0.1) is 12.0 Å². The van der Waals surface area contributed by atoms with Gasteiger partial charge in [0.25, 0.3) is 5.91 Å². The third-order valence-corrected chi connectivity index (χ3v) is 3.73. The number of methoxy groups -OCH3 is 1. The average Bonchev–Trinajstić information content (AvgIpc) is 2.89. The van der Waals surface area contributed by atoms with Crippen LogP contribution in [0.15, 0.2) is 35.7 Å². The van der Waals surface area contributed by atoms with Gasteiger partial charge < -0.3 is 15.4 Å². The number of anilines is 1. The molecule has 1 heterocycles. The van der Waals surface area contributed by atoms with E-state index in [1.165, 1.54) is 11.3 Å². The Balaban J connectivity index is 2.09. The van der Waals surface area contributed by atoms with Gasteiger partial charge in [-0.3, -0.25) is 4.79 Å². The fraction of sp³-hybridized carbons (Fsp3) is 0.214. The summed E-state index contributed by atoms with van der Waals surface area (Å²) in [5.41, 5.74) is 7.52. The molecule has 0 spiro atoms. The molecule has 0 aliphatic heterocycles. The zero-order chi connectivity index (χ0) is 13.8. The van der Waals surface area contributed by atoms with Crippen molar-refractivity contribution in [2.75, 3.05) is 19.9 Å². The van der Waals surface area contributed by atoms with E-state index in [0.717, 1.165) is 5.56 Å². The summed E-state index contributed by atoms with van der Waals surface area (Å²) in [7, 11) is 3.35. The molecule has 0 bridgehead atoms. The predicted molar refractivity (Wildman–Crippen MR) is 77.5 cm³/mol. The van der Waals surface area contributed by atoms with Crippen molar-refractivity contribution >= 4 is 22.9 Å². The highest BCUT2D eigenvalue weighted by atomic mass is 32.1. The van der Waals surface area contributed by atoms with Gasteiger partial charge in [-0.25, -0.2) is 0 Å². The lowest BCUT2D eigenvalue weighted by Crippen LogP contribution is -2.25. The molecule has 1 amide bonds. The van der Waals surface area contributed by atoms with Gasteiger partial charge >= 0.3 is 0 Å². The lowest BCUT2D eigenvalue weighted by Gasteiger charge is -2.17. The van der Waals surface area contributed by atoms with E-state index in [1.54, 1.807) is 25.1 Å². The summed E-state index contributed by atoms with van der Waals surface area (Å²) in [6.07, 6.45) is 0. The highest BCUT2D eigenvalue weighted by molar-refractivity contribution is 7.12. The minimum atomic E-state index is -0.0310. The normalized spacial score (nSPS) is 10.2. The van der Waals surface area contributed by atoms with E-state index in [-0.39, 0.29) is 5.91 Å². The van der Waals surface area contributed by atoms with Crippen LogP contribution >= 0.6 is 11.3 Å². The van der Waals surface area contributed by atoms with E-state index < -0.39 is 0 Å². The second-order valence-electron chi connectivity index (χ2n) is 4.21. The number of rotatable bonds is 4. The number of amides is 1. The molecule has 2 N–H and O–H groups in total. The quantitative estimate of drug-likeness (QED) is 0.873. The molecule has 0 atom stereocenters. The predicted octanol–water partition coefficient (Wildman–Crippen LogP) is 2.61. The molecule has 1 aromatic heterocycles. The fourth-order valence-electron chi connectivity index (χ4n) is 1.73. The number of hydrogen-bond donors (Lipinski definition) is 1. The first-order valence-electron chi connectivity index (χ1n) is 5.83. The Kier molecular flexibility index (Phi) is 4.06. The molecule has 0 unspecified atom stereocenters. The molecule has 4 nitrogen and oxygen atoms in total. The van der Waals surface area contributed by atoms with Gasteiger partial charge in [0, 0.05) is 30.7 Å². The Hall–Kier alpha value is -2.01. The van der Waals surface area contributed by atoms with Gasteiger partial charge in [-0.1, -0.05) is 18.2 Å². The van der Waals surface area contributed by atoms with Crippen LogP contribution in [0.25, 0.3) is 0 Å². The maximum atomic E-state index is 12.2. The Morgan fingerprint density at radius 3 is 2.79 bits per heavy atom. The van der Waals surface area contributed by atoms with E-state index >= 15 is 0 Å². The SMILES string of the molecule is COc1csc(C(=O)N(C)Cc2ccccc2N)c1. The molecule has 2 aromatic rings. The molecule has 5 heteroatoms. The molecule has 0 fully saturated rings. The summed E-state index contributed by atoms with van der Waals surface area (Å²) in [4.78, 5) is 14.5. The number of carbonyl (C=O) groups excluding carboxylic acids is 1. The van der Waals surface area contributed by atoms with E-state index in [0.29, 0.717) is 22.9 Å². The minimum Gasteiger partial charge on any atom is -0.496 e. The van der Waals surface area contributed by atoms with Crippen LogP contribution in [0.5, 0.6) is 5.75 Å². The van der Waals surface area contributed by atoms with Gasteiger partial charge in [0.1, 0.15) is 5.75 Å². The summed E-state index contributed by atoms with van der Waals surface area (Å²) in [5, 5.41) is 1.82. The molecule has 0 saturated heterocycles. The molecular formula is C14H16N2O2S. The number of nitrogens with two attached hydrogens (primary N) is 1. The number of para-hydroxylation sites is 1. The number of ether oxygens (including phenoxy) is 1. The molecular weight excluding hydrogens is 260 g/mol. The number of nitrogens with zero attached hydrogens (tertiary/aromatic N) is 1. The first kappa shape index (κ1) is 13.4. The number of nitrogen functional groups attached to an aromatic ring is 1. The third-order valence-electron chi connectivity index (χ3n) is 2.83. The summed E-state index contributed by atoms with van der Waals surface area (Å²) in [5.74, 6) is 0.678. The van der Waals surface area contributed by atoms with Crippen molar-refractivity contribution in [3.05, 3.63) is 46.2 Å². The summed E-state index contributed by atoms with van der Waals surface area (Å²) >= 11 is 1.38. The minimum absolute atomic E-state index is 0.0310. The molecule has 100 valence electrons. The van der Waals surface area contributed by atoms with Crippen LogP contribution in [-0.2, 0) is 6.54 Å². The average molecular weight is 276 g/mol. The lowest BCUT2D eigenvalue weighted by molar-refractivity contribution is 0.0790. The van der Waals surface area contributed by atoms with Crippen molar-refractivity contribution in [1.82, 2.24) is 4.90 Å². The largest absolute Gasteiger partial charge is 0.496 e. The van der Waals surface area contributed by atoms with Crippen molar-refractivity contribution < 1.29 is 9.53 Å². The van der Waals surface area contributed by atoms with Crippen LogP contribution in [0, 0.1) is 0 Å². The topological polar surface area (TPSA) is 55.6 Å². The van der Waals surface area contributed by atoms with Crippen LogP contribution in [0.3, 0.4) is 0 Å². The van der Waals surface area contributed by atoms with Crippen LogP contribution in [0.2, 0.25) is 0 Å². The number of hydrogen-bond acceptors (Lipinski definition) is 4. The highest BCUT2D eigenvalue weighted by Crippen LogP contribution is 2.23. The standard InChI is InChI=1S/C14H16N2O2S/c1-16(8-10-5-3-4-6-12(10)15)14(17)13-7-11(18-2)9-19-13/h3-7,9H,8,15H2,1-2H3. The van der Waals surface area contributed by atoms with Crippen molar-refractivity contribution in [2.24, 2.45) is 0 Å². The second kappa shape index (κ2) is 5.75. The second-order valence-corrected chi connectivity index (χ2v) is 5.12. The van der Waals surface area contributed by atoms with E-state index in [2.05, 4.69) is 0 Å². The van der Waals surface area contributed by atoms with Crippen LogP contribution in [0.4, 0.5) is 5.69 Å². The zero-order valence-electron chi connectivity index (χ0n) is 10.9. The molecule has 0 saturated carbocycles. The Morgan fingerprint density at radius 2 is 2.16 bits per heavy atom. The van der Waals surface area contributed by atoms with Crippen molar-refractivity contribution in [3.63, 3.8) is 0 Å². The lowest BCUT2D eigenvalue weighted by atomic mass is 10.1. The van der Waals surface area contributed by atoms with Crippen LogP contribution in [-0.4, -0.2) is 25.0 Å². The zero-order valence-corrected chi connectivity index (χ0v) is 11.7. The van der Waals surface area contributed by atoms with Gasteiger partial charge in [-0.15, -0.1) is 11.3 Å². The van der Waals surface area contributed by atoms with Crippen molar-refractivity contribution in [2.45, 2.75) is 6.54 Å². The number of benzene rings is 1. The number of thiophene rings is 1. The van der Waals surface area contributed by atoms with Gasteiger partial charge in [-0.2, -0.15) is 0 Å². The third kappa shape index (κ3) is 3.06. The fourth-order valence-corrected chi connectivity index (χ4v) is 2.58. The first-order chi connectivity index (χ1) is 9.11. The molecule has 2 rings (SSSR count). The van der Waals surface area contributed by atoms with Crippen LogP contribution in [0.1, 0.15) is 15.2 Å². The van der Waals surface area contributed by atoms with E-state index in [4.69, 9.17) is 10.5 Å². The maximum absolute atomic E-state index is 12.2. The molecule has 1 aromatic carbocycles. The molecule has 0 aliphatic rings. The Bertz CT molecular complexity index is 580. The monoisotopic (exact) mass is 276 g/mol. The molecule has 0 radical (unpaired) electrons. The maximum Gasteiger partial charge on any atom is 0.264 e. The summed E-state index contributed by atoms with van der Waals surface area (Å²) in [6, 6.07) is 9.30.